The first-order valence-corrected chi connectivity index (χ1v) is 6.72. The largest absolute Gasteiger partial charge is 0.361 e. The smallest absolute Gasteiger partial charge is 0.280 e. The number of nitrogens with zero attached hydrogens (tertiary/aromatic N) is 2. The van der Waals surface area contributed by atoms with Crippen LogP contribution in [0.15, 0.2) is 28.8 Å². The zero-order chi connectivity index (χ0) is 14.9. The number of rotatable bonds is 3. The molecule has 0 aliphatic heterocycles. The fourth-order valence-corrected chi connectivity index (χ4v) is 2.35. The summed E-state index contributed by atoms with van der Waals surface area (Å²) >= 11 is 0. The van der Waals surface area contributed by atoms with Crippen molar-refractivity contribution in [2.24, 2.45) is 0 Å². The van der Waals surface area contributed by atoms with Crippen molar-refractivity contribution in [2.75, 3.05) is 11.9 Å². The second-order valence-corrected chi connectivity index (χ2v) is 5.35. The van der Waals surface area contributed by atoms with Crippen LogP contribution in [0.4, 0.5) is 5.69 Å². The van der Waals surface area contributed by atoms with Crippen molar-refractivity contribution in [3.8, 4) is 0 Å². The van der Waals surface area contributed by atoms with Gasteiger partial charge in [0.2, 0.25) is 0 Å². The van der Waals surface area contributed by atoms with Gasteiger partial charge in [-0.3, -0.25) is 4.79 Å². The van der Waals surface area contributed by atoms with E-state index in [1.165, 1.54) is 0 Å². The summed E-state index contributed by atoms with van der Waals surface area (Å²) < 4.78 is 4.98. The molecule has 1 amide bonds. The minimum atomic E-state index is -0.155. The number of carbonyl (C=O) groups excluding carboxylic acids is 1. The molecule has 1 heterocycles. The van der Waals surface area contributed by atoms with E-state index in [-0.39, 0.29) is 5.91 Å². The number of benzene rings is 1. The molecule has 0 atom stereocenters. The quantitative estimate of drug-likeness (QED) is 0.856. The molecule has 0 aliphatic carbocycles. The number of aryl methyl sites for hydroxylation is 2. The lowest BCUT2D eigenvalue weighted by molar-refractivity contribution is 0.0984. The molecule has 20 heavy (non-hydrogen) atoms. The predicted octanol–water partition coefficient (Wildman–Crippen LogP) is 3.69. The molecule has 0 saturated heterocycles. The maximum absolute atomic E-state index is 12.5. The zero-order valence-electron chi connectivity index (χ0n) is 12.6. The molecule has 0 unspecified atom stereocenters. The van der Waals surface area contributed by atoms with Crippen molar-refractivity contribution in [3.63, 3.8) is 0 Å². The molecule has 106 valence electrons. The SMILES string of the molecule is Cc1cc(C(=O)N(C)c2c(C)cccc2C(C)C)no1. The molecule has 0 radical (unpaired) electrons. The monoisotopic (exact) mass is 272 g/mol. The number of para-hydroxylation sites is 1. The first-order valence-electron chi connectivity index (χ1n) is 6.72. The zero-order valence-corrected chi connectivity index (χ0v) is 12.6. The van der Waals surface area contributed by atoms with Crippen LogP contribution in [-0.2, 0) is 0 Å². The van der Waals surface area contributed by atoms with Gasteiger partial charge >= 0.3 is 0 Å². The molecule has 1 aromatic carbocycles. The van der Waals surface area contributed by atoms with Crippen LogP contribution >= 0.6 is 0 Å². The van der Waals surface area contributed by atoms with E-state index < -0.39 is 0 Å². The molecule has 4 nitrogen and oxygen atoms in total. The van der Waals surface area contributed by atoms with Gasteiger partial charge in [0, 0.05) is 13.1 Å². The van der Waals surface area contributed by atoms with E-state index in [1.54, 1.807) is 24.9 Å². The number of carbonyl (C=O) groups is 1. The standard InChI is InChI=1S/C16H20N2O2/c1-10(2)13-8-6-7-11(3)15(13)18(5)16(19)14-9-12(4)20-17-14/h6-10H,1-5H3. The predicted molar refractivity (Wildman–Crippen MR) is 79.2 cm³/mol. The Morgan fingerprint density at radius 3 is 2.55 bits per heavy atom. The van der Waals surface area contributed by atoms with E-state index in [4.69, 9.17) is 4.52 Å². The van der Waals surface area contributed by atoms with Gasteiger partial charge in [-0.1, -0.05) is 37.2 Å². The number of hydrogen-bond donors (Lipinski definition) is 0. The van der Waals surface area contributed by atoms with E-state index in [9.17, 15) is 4.79 Å². The van der Waals surface area contributed by atoms with Gasteiger partial charge in [0.1, 0.15) is 5.76 Å². The van der Waals surface area contributed by atoms with Crippen LogP contribution < -0.4 is 4.90 Å². The Morgan fingerprint density at radius 2 is 2.00 bits per heavy atom. The molecular weight excluding hydrogens is 252 g/mol. The van der Waals surface area contributed by atoms with E-state index >= 15 is 0 Å². The summed E-state index contributed by atoms with van der Waals surface area (Å²) in [6, 6.07) is 7.75. The highest BCUT2D eigenvalue weighted by Crippen LogP contribution is 2.30. The minimum absolute atomic E-state index is 0.155. The number of aromatic nitrogens is 1. The number of amides is 1. The van der Waals surface area contributed by atoms with Crippen LogP contribution in [0.1, 0.15) is 47.1 Å². The molecule has 4 heteroatoms. The van der Waals surface area contributed by atoms with Crippen LogP contribution in [0, 0.1) is 13.8 Å². The fraction of sp³-hybridized carbons (Fsp3) is 0.375. The summed E-state index contributed by atoms with van der Waals surface area (Å²) in [5, 5.41) is 3.80. The van der Waals surface area contributed by atoms with Crippen LogP contribution in [0.3, 0.4) is 0 Å². The lowest BCUT2D eigenvalue weighted by Gasteiger charge is -2.23. The van der Waals surface area contributed by atoms with Crippen molar-refractivity contribution >= 4 is 11.6 Å². The molecule has 0 saturated carbocycles. The first-order chi connectivity index (χ1) is 9.41. The fourth-order valence-electron chi connectivity index (χ4n) is 2.35. The molecule has 0 fully saturated rings. The molecule has 2 rings (SSSR count). The van der Waals surface area contributed by atoms with E-state index in [0.29, 0.717) is 17.4 Å². The summed E-state index contributed by atoms with van der Waals surface area (Å²) in [5.41, 5.74) is 3.52. The molecule has 0 spiro atoms. The van der Waals surface area contributed by atoms with Crippen molar-refractivity contribution < 1.29 is 9.32 Å². The van der Waals surface area contributed by atoms with E-state index in [0.717, 1.165) is 16.8 Å². The van der Waals surface area contributed by atoms with Crippen molar-refractivity contribution in [1.29, 1.82) is 0 Å². The summed E-state index contributed by atoms with van der Waals surface area (Å²) in [4.78, 5) is 14.1. The highest BCUT2D eigenvalue weighted by atomic mass is 16.5. The lowest BCUT2D eigenvalue weighted by atomic mass is 9.97. The summed E-state index contributed by atoms with van der Waals surface area (Å²) in [6.45, 7) is 8.03. The van der Waals surface area contributed by atoms with Crippen LogP contribution in [0.25, 0.3) is 0 Å². The minimum Gasteiger partial charge on any atom is -0.361 e. The van der Waals surface area contributed by atoms with Crippen molar-refractivity contribution in [3.05, 3.63) is 46.8 Å². The Kier molecular flexibility index (Phi) is 3.93. The Labute approximate surface area is 119 Å². The third kappa shape index (κ3) is 2.59. The van der Waals surface area contributed by atoms with Gasteiger partial charge in [-0.25, -0.2) is 0 Å². The van der Waals surface area contributed by atoms with Gasteiger partial charge in [0.25, 0.3) is 5.91 Å². The van der Waals surface area contributed by atoms with Crippen LogP contribution in [0.5, 0.6) is 0 Å². The van der Waals surface area contributed by atoms with Gasteiger partial charge in [-0.2, -0.15) is 0 Å². The normalized spacial score (nSPS) is 10.9. The van der Waals surface area contributed by atoms with Gasteiger partial charge in [-0.05, 0) is 30.9 Å². The Balaban J connectivity index is 2.43. The van der Waals surface area contributed by atoms with Gasteiger partial charge in [0.05, 0.1) is 5.69 Å². The maximum Gasteiger partial charge on any atom is 0.280 e. The topological polar surface area (TPSA) is 46.3 Å². The average molecular weight is 272 g/mol. The lowest BCUT2D eigenvalue weighted by Crippen LogP contribution is -2.28. The van der Waals surface area contributed by atoms with Crippen molar-refractivity contribution in [1.82, 2.24) is 5.16 Å². The molecular formula is C16H20N2O2. The second-order valence-electron chi connectivity index (χ2n) is 5.35. The summed E-state index contributed by atoms with van der Waals surface area (Å²) in [7, 11) is 1.78. The van der Waals surface area contributed by atoms with E-state index in [2.05, 4.69) is 25.1 Å². The summed E-state index contributed by atoms with van der Waals surface area (Å²) in [5.74, 6) is 0.827. The average Bonchev–Trinajstić information content (AvgIpc) is 2.83. The molecule has 2 aromatic rings. The number of hydrogen-bond acceptors (Lipinski definition) is 3. The maximum atomic E-state index is 12.5. The third-order valence-electron chi connectivity index (χ3n) is 3.38. The number of anilines is 1. The Morgan fingerprint density at radius 1 is 1.30 bits per heavy atom. The van der Waals surface area contributed by atoms with Gasteiger partial charge in [0.15, 0.2) is 5.69 Å². The Bertz CT molecular complexity index is 629. The second kappa shape index (κ2) is 5.49. The van der Waals surface area contributed by atoms with Gasteiger partial charge < -0.3 is 9.42 Å². The third-order valence-corrected chi connectivity index (χ3v) is 3.38. The van der Waals surface area contributed by atoms with E-state index in [1.807, 2.05) is 19.1 Å². The molecule has 0 bridgehead atoms. The van der Waals surface area contributed by atoms with Crippen molar-refractivity contribution in [2.45, 2.75) is 33.6 Å². The first kappa shape index (κ1) is 14.3. The summed E-state index contributed by atoms with van der Waals surface area (Å²) in [6.07, 6.45) is 0. The van der Waals surface area contributed by atoms with Crippen LogP contribution in [0.2, 0.25) is 0 Å². The highest BCUT2D eigenvalue weighted by Gasteiger charge is 2.21. The molecule has 0 N–H and O–H groups in total. The van der Waals surface area contributed by atoms with Crippen LogP contribution in [-0.4, -0.2) is 18.1 Å². The molecule has 0 aliphatic rings. The van der Waals surface area contributed by atoms with Gasteiger partial charge in [-0.15, -0.1) is 0 Å². The molecule has 1 aromatic heterocycles. The highest BCUT2D eigenvalue weighted by molar-refractivity contribution is 6.05. The Hall–Kier alpha value is -2.10.